The molecule has 0 spiro atoms. The highest BCUT2D eigenvalue weighted by molar-refractivity contribution is 7.10. The number of rotatable bonds is 4. The van der Waals surface area contributed by atoms with Crippen molar-refractivity contribution < 1.29 is 9.53 Å². The second-order valence-electron chi connectivity index (χ2n) is 4.31. The van der Waals surface area contributed by atoms with Gasteiger partial charge in [-0.1, -0.05) is 30.3 Å². The fraction of sp³-hybridized carbons (Fsp3) is 0.200. The average molecular weight is 286 g/mol. The molecule has 1 aromatic heterocycles. The number of nitriles is 1. The van der Waals surface area contributed by atoms with Gasteiger partial charge in [0.05, 0.1) is 12.1 Å². The van der Waals surface area contributed by atoms with E-state index in [1.165, 1.54) is 16.2 Å². The summed E-state index contributed by atoms with van der Waals surface area (Å²) in [5.41, 5.74) is 1.58. The van der Waals surface area contributed by atoms with Crippen LogP contribution < -0.4 is 0 Å². The number of nitrogens with zero attached hydrogens (tertiary/aromatic N) is 2. The van der Waals surface area contributed by atoms with Gasteiger partial charge in [-0.3, -0.25) is 0 Å². The fourth-order valence-corrected chi connectivity index (χ4v) is 2.51. The zero-order chi connectivity index (χ0) is 14.4. The SMILES string of the molecule is CN(Cc1cc(C#N)cs1)C(=O)OCc1ccccc1. The first-order valence-corrected chi connectivity index (χ1v) is 6.96. The Morgan fingerprint density at radius 1 is 1.40 bits per heavy atom. The van der Waals surface area contributed by atoms with Gasteiger partial charge in [0.25, 0.3) is 0 Å². The van der Waals surface area contributed by atoms with E-state index in [0.29, 0.717) is 12.1 Å². The minimum absolute atomic E-state index is 0.262. The number of carbonyl (C=O) groups is 1. The average Bonchev–Trinajstić information content (AvgIpc) is 2.93. The summed E-state index contributed by atoms with van der Waals surface area (Å²) in [5.74, 6) is 0. The number of amides is 1. The normalized spacial score (nSPS) is 9.80. The summed E-state index contributed by atoms with van der Waals surface area (Å²) < 4.78 is 5.22. The lowest BCUT2D eigenvalue weighted by Crippen LogP contribution is -2.26. The molecule has 0 N–H and O–H groups in total. The van der Waals surface area contributed by atoms with Crippen molar-refractivity contribution in [2.24, 2.45) is 0 Å². The van der Waals surface area contributed by atoms with Gasteiger partial charge in [0.15, 0.2) is 0 Å². The van der Waals surface area contributed by atoms with Crippen molar-refractivity contribution in [2.75, 3.05) is 7.05 Å². The van der Waals surface area contributed by atoms with Crippen molar-refractivity contribution in [3.8, 4) is 6.07 Å². The Balaban J connectivity index is 1.84. The van der Waals surface area contributed by atoms with E-state index in [0.717, 1.165) is 10.4 Å². The van der Waals surface area contributed by atoms with Crippen molar-refractivity contribution in [2.45, 2.75) is 13.2 Å². The molecule has 0 aliphatic rings. The molecule has 0 bridgehead atoms. The molecule has 0 atom stereocenters. The maximum Gasteiger partial charge on any atom is 0.410 e. The van der Waals surface area contributed by atoms with E-state index in [-0.39, 0.29) is 12.7 Å². The standard InChI is InChI=1S/C15H14N2O2S/c1-17(9-14-7-13(8-16)11-20-14)15(18)19-10-12-5-3-2-4-6-12/h2-7,11H,9-10H2,1H3. The van der Waals surface area contributed by atoms with Gasteiger partial charge in [0.2, 0.25) is 0 Å². The van der Waals surface area contributed by atoms with Crippen molar-refractivity contribution >= 4 is 17.4 Å². The van der Waals surface area contributed by atoms with Crippen molar-refractivity contribution in [1.82, 2.24) is 4.90 Å². The molecular formula is C15H14N2O2S. The molecule has 0 saturated heterocycles. The summed E-state index contributed by atoms with van der Waals surface area (Å²) in [5, 5.41) is 10.5. The highest BCUT2D eigenvalue weighted by Crippen LogP contribution is 2.16. The van der Waals surface area contributed by atoms with Crippen LogP contribution >= 0.6 is 11.3 Å². The largest absolute Gasteiger partial charge is 0.445 e. The lowest BCUT2D eigenvalue weighted by Gasteiger charge is -2.16. The maximum atomic E-state index is 11.8. The van der Waals surface area contributed by atoms with Crippen LogP contribution in [-0.2, 0) is 17.9 Å². The summed E-state index contributed by atoms with van der Waals surface area (Å²) in [7, 11) is 1.68. The summed E-state index contributed by atoms with van der Waals surface area (Å²) in [6, 6.07) is 13.4. The van der Waals surface area contributed by atoms with Gasteiger partial charge in [-0.05, 0) is 11.6 Å². The third-order valence-electron chi connectivity index (χ3n) is 2.69. The van der Waals surface area contributed by atoms with Gasteiger partial charge in [0, 0.05) is 17.3 Å². The number of hydrogen-bond acceptors (Lipinski definition) is 4. The Hall–Kier alpha value is -2.32. The molecule has 102 valence electrons. The Kier molecular flexibility index (Phi) is 4.75. The molecule has 0 aliphatic heterocycles. The monoisotopic (exact) mass is 286 g/mol. The second kappa shape index (κ2) is 6.73. The van der Waals surface area contributed by atoms with E-state index in [2.05, 4.69) is 6.07 Å². The molecule has 2 aromatic rings. The van der Waals surface area contributed by atoms with Crippen LogP contribution in [0.1, 0.15) is 16.0 Å². The smallest absolute Gasteiger partial charge is 0.410 e. The van der Waals surface area contributed by atoms with Crippen molar-refractivity contribution in [1.29, 1.82) is 5.26 Å². The van der Waals surface area contributed by atoms with Crippen molar-refractivity contribution in [3.05, 3.63) is 57.8 Å². The maximum absolute atomic E-state index is 11.8. The Morgan fingerprint density at radius 3 is 2.80 bits per heavy atom. The first-order valence-electron chi connectivity index (χ1n) is 6.08. The highest BCUT2D eigenvalue weighted by atomic mass is 32.1. The number of hydrogen-bond donors (Lipinski definition) is 0. The zero-order valence-corrected chi connectivity index (χ0v) is 11.9. The molecule has 0 unspecified atom stereocenters. The minimum Gasteiger partial charge on any atom is -0.445 e. The van der Waals surface area contributed by atoms with E-state index >= 15 is 0 Å². The molecule has 1 amide bonds. The Morgan fingerprint density at radius 2 is 2.15 bits per heavy atom. The molecule has 0 fully saturated rings. The van der Waals surface area contributed by atoms with E-state index in [1.54, 1.807) is 18.5 Å². The van der Waals surface area contributed by atoms with Crippen molar-refractivity contribution in [3.63, 3.8) is 0 Å². The first kappa shape index (κ1) is 14.1. The predicted molar refractivity (Wildman–Crippen MR) is 77.1 cm³/mol. The molecule has 4 nitrogen and oxygen atoms in total. The molecule has 5 heteroatoms. The van der Waals surface area contributed by atoms with Gasteiger partial charge < -0.3 is 9.64 Å². The van der Waals surface area contributed by atoms with E-state index < -0.39 is 0 Å². The predicted octanol–water partition coefficient (Wildman–Crippen LogP) is 3.39. The summed E-state index contributed by atoms with van der Waals surface area (Å²) in [6.07, 6.45) is -0.374. The molecule has 2 rings (SSSR count). The molecule has 20 heavy (non-hydrogen) atoms. The quantitative estimate of drug-likeness (QED) is 0.865. The van der Waals surface area contributed by atoms with E-state index in [1.807, 2.05) is 30.3 Å². The Bertz CT molecular complexity index is 616. The van der Waals surface area contributed by atoms with Crippen LogP contribution in [0.5, 0.6) is 0 Å². The molecule has 0 saturated carbocycles. The third kappa shape index (κ3) is 3.84. The third-order valence-corrected chi connectivity index (χ3v) is 3.61. The highest BCUT2D eigenvalue weighted by Gasteiger charge is 2.12. The van der Waals surface area contributed by atoms with Crippen LogP contribution in [0.4, 0.5) is 4.79 Å². The number of benzene rings is 1. The Labute approximate surface area is 121 Å². The van der Waals surface area contributed by atoms with Crippen LogP contribution in [0.2, 0.25) is 0 Å². The van der Waals surface area contributed by atoms with Gasteiger partial charge in [0.1, 0.15) is 12.7 Å². The van der Waals surface area contributed by atoms with Crippen LogP contribution in [-0.4, -0.2) is 18.0 Å². The summed E-state index contributed by atoms with van der Waals surface area (Å²) in [6.45, 7) is 0.706. The summed E-state index contributed by atoms with van der Waals surface area (Å²) in [4.78, 5) is 14.3. The molecule has 1 heterocycles. The summed E-state index contributed by atoms with van der Waals surface area (Å²) >= 11 is 1.46. The minimum atomic E-state index is -0.374. The van der Waals surface area contributed by atoms with Gasteiger partial charge in [-0.15, -0.1) is 11.3 Å². The van der Waals surface area contributed by atoms with E-state index in [4.69, 9.17) is 10.00 Å². The molecular weight excluding hydrogens is 272 g/mol. The molecule has 0 aliphatic carbocycles. The number of carbonyl (C=O) groups excluding carboxylic acids is 1. The van der Waals surface area contributed by atoms with E-state index in [9.17, 15) is 4.79 Å². The van der Waals surface area contributed by atoms with Gasteiger partial charge in [-0.2, -0.15) is 5.26 Å². The van der Waals surface area contributed by atoms with Gasteiger partial charge >= 0.3 is 6.09 Å². The van der Waals surface area contributed by atoms with Crippen LogP contribution in [0.25, 0.3) is 0 Å². The number of thiophene rings is 1. The lowest BCUT2D eigenvalue weighted by molar-refractivity contribution is 0.103. The molecule has 1 aromatic carbocycles. The van der Waals surface area contributed by atoms with Crippen LogP contribution in [0.15, 0.2) is 41.8 Å². The first-order chi connectivity index (χ1) is 9.69. The topological polar surface area (TPSA) is 53.3 Å². The number of ether oxygens (including phenoxy) is 1. The van der Waals surface area contributed by atoms with Crippen LogP contribution in [0.3, 0.4) is 0 Å². The van der Waals surface area contributed by atoms with Crippen LogP contribution in [0, 0.1) is 11.3 Å². The lowest BCUT2D eigenvalue weighted by atomic mass is 10.2. The second-order valence-corrected chi connectivity index (χ2v) is 5.31. The molecule has 0 radical (unpaired) electrons. The zero-order valence-electron chi connectivity index (χ0n) is 11.1. The fourth-order valence-electron chi connectivity index (χ4n) is 1.65. The van der Waals surface area contributed by atoms with Gasteiger partial charge in [-0.25, -0.2) is 4.79 Å².